The highest BCUT2D eigenvalue weighted by Crippen LogP contribution is 2.37. The van der Waals surface area contributed by atoms with Gasteiger partial charge >= 0.3 is 0 Å². The third-order valence-corrected chi connectivity index (χ3v) is 7.01. The van der Waals surface area contributed by atoms with Crippen LogP contribution < -0.4 is 10.3 Å². The average Bonchev–Trinajstić information content (AvgIpc) is 3.29. The number of aryl methyl sites for hydroxylation is 1. The van der Waals surface area contributed by atoms with Crippen LogP contribution in [-0.2, 0) is 23.4 Å². The lowest BCUT2D eigenvalue weighted by atomic mass is 9.97. The number of pyridine rings is 1. The zero-order chi connectivity index (χ0) is 25.3. The van der Waals surface area contributed by atoms with Crippen molar-refractivity contribution in [3.63, 3.8) is 0 Å². The van der Waals surface area contributed by atoms with E-state index in [0.717, 1.165) is 35.2 Å². The fourth-order valence-electron chi connectivity index (χ4n) is 4.03. The maximum absolute atomic E-state index is 13.0. The van der Waals surface area contributed by atoms with Gasteiger partial charge in [0.05, 0.1) is 24.2 Å². The summed E-state index contributed by atoms with van der Waals surface area (Å²) in [6.07, 6.45) is 6.71. The van der Waals surface area contributed by atoms with Gasteiger partial charge in [-0.1, -0.05) is 6.07 Å². The minimum absolute atomic E-state index is 0.130. The predicted octanol–water partition coefficient (Wildman–Crippen LogP) is 3.43. The molecular weight excluding hydrogens is 464 g/mol. The standard InChI is InChI=1S/C26H30N4O4S/c1-6-34-25-10-8-20(35(5,32)33)14-23(25)24-17-29(4)26(31)21-9-7-18(13-22(21)24)19-15-27-30(16-19)12-11-28(2)3/h7-10,13-17H,6,11-12H2,1-5H3. The van der Waals surface area contributed by atoms with Gasteiger partial charge in [-0.3, -0.25) is 9.48 Å². The van der Waals surface area contributed by atoms with E-state index in [-0.39, 0.29) is 10.5 Å². The van der Waals surface area contributed by atoms with E-state index in [1.807, 2.05) is 56.3 Å². The van der Waals surface area contributed by atoms with Crippen LogP contribution in [0.5, 0.6) is 5.75 Å². The van der Waals surface area contributed by atoms with Crippen molar-refractivity contribution < 1.29 is 13.2 Å². The predicted molar refractivity (Wildman–Crippen MR) is 139 cm³/mol. The number of likely N-dealkylation sites (N-methyl/N-ethyl adjacent to an activating group) is 1. The molecule has 0 bridgehead atoms. The molecule has 8 nitrogen and oxygen atoms in total. The molecule has 0 N–H and O–H groups in total. The Kier molecular flexibility index (Phi) is 6.82. The van der Waals surface area contributed by atoms with Gasteiger partial charge in [0.2, 0.25) is 0 Å². The third-order valence-electron chi connectivity index (χ3n) is 5.90. The first-order chi connectivity index (χ1) is 16.6. The molecule has 0 fully saturated rings. The number of aromatic nitrogens is 3. The van der Waals surface area contributed by atoms with Gasteiger partial charge in [-0.25, -0.2) is 8.42 Å². The van der Waals surface area contributed by atoms with Crippen molar-refractivity contribution in [1.29, 1.82) is 0 Å². The first-order valence-electron chi connectivity index (χ1n) is 11.4. The average molecular weight is 495 g/mol. The number of hydrogen-bond donors (Lipinski definition) is 0. The van der Waals surface area contributed by atoms with Crippen LogP contribution in [0, 0.1) is 0 Å². The summed E-state index contributed by atoms with van der Waals surface area (Å²) in [5.74, 6) is 0.557. The normalized spacial score (nSPS) is 11.9. The molecule has 0 amide bonds. The van der Waals surface area contributed by atoms with Crippen molar-refractivity contribution in [3.05, 3.63) is 65.3 Å². The summed E-state index contributed by atoms with van der Waals surface area (Å²) >= 11 is 0. The van der Waals surface area contributed by atoms with Crippen molar-refractivity contribution in [1.82, 2.24) is 19.2 Å². The summed E-state index contributed by atoms with van der Waals surface area (Å²) in [6.45, 7) is 3.93. The molecule has 0 saturated carbocycles. The molecule has 2 aromatic heterocycles. The Morgan fingerprint density at radius 3 is 2.46 bits per heavy atom. The maximum atomic E-state index is 13.0. The minimum atomic E-state index is -3.44. The van der Waals surface area contributed by atoms with E-state index in [9.17, 15) is 13.2 Å². The van der Waals surface area contributed by atoms with E-state index in [4.69, 9.17) is 4.74 Å². The Bertz CT molecular complexity index is 1550. The lowest BCUT2D eigenvalue weighted by Crippen LogP contribution is -2.18. The van der Waals surface area contributed by atoms with Crippen molar-refractivity contribution in [3.8, 4) is 28.0 Å². The molecule has 184 valence electrons. The summed E-state index contributed by atoms with van der Waals surface area (Å²) in [5.41, 5.74) is 3.06. The van der Waals surface area contributed by atoms with E-state index in [0.29, 0.717) is 23.3 Å². The van der Waals surface area contributed by atoms with Crippen LogP contribution in [0.4, 0.5) is 0 Å². The molecule has 0 saturated heterocycles. The van der Waals surface area contributed by atoms with Crippen molar-refractivity contribution >= 4 is 20.6 Å². The van der Waals surface area contributed by atoms with Gasteiger partial charge in [0, 0.05) is 54.3 Å². The molecule has 4 aromatic rings. The second kappa shape index (κ2) is 9.67. The van der Waals surface area contributed by atoms with Gasteiger partial charge in [-0.2, -0.15) is 5.10 Å². The molecule has 35 heavy (non-hydrogen) atoms. The smallest absolute Gasteiger partial charge is 0.258 e. The summed E-state index contributed by atoms with van der Waals surface area (Å²) in [5, 5.41) is 5.73. The van der Waals surface area contributed by atoms with E-state index in [1.54, 1.807) is 31.4 Å². The number of ether oxygens (including phenoxy) is 1. The van der Waals surface area contributed by atoms with Gasteiger partial charge in [0.1, 0.15) is 5.75 Å². The van der Waals surface area contributed by atoms with Crippen LogP contribution in [0.15, 0.2) is 64.7 Å². The first-order valence-corrected chi connectivity index (χ1v) is 13.3. The molecule has 0 aliphatic rings. The highest BCUT2D eigenvalue weighted by Gasteiger charge is 2.18. The Balaban J connectivity index is 1.93. The lowest BCUT2D eigenvalue weighted by molar-refractivity contribution is 0.341. The van der Waals surface area contributed by atoms with Crippen LogP contribution in [-0.4, -0.2) is 61.2 Å². The SMILES string of the molecule is CCOc1ccc(S(C)(=O)=O)cc1-c1cn(C)c(=O)c2ccc(-c3cnn(CCN(C)C)c3)cc12. The number of sulfone groups is 1. The fourth-order valence-corrected chi connectivity index (χ4v) is 4.68. The maximum Gasteiger partial charge on any atom is 0.258 e. The van der Waals surface area contributed by atoms with Crippen molar-refractivity contribution in [2.75, 3.05) is 33.5 Å². The lowest BCUT2D eigenvalue weighted by Gasteiger charge is -2.16. The molecule has 4 rings (SSSR count). The summed E-state index contributed by atoms with van der Waals surface area (Å²) in [6, 6.07) is 10.5. The highest BCUT2D eigenvalue weighted by atomic mass is 32.2. The number of fused-ring (bicyclic) bond motifs is 1. The Labute approximate surface area is 205 Å². The van der Waals surface area contributed by atoms with Gasteiger partial charge < -0.3 is 14.2 Å². The molecule has 0 unspecified atom stereocenters. The van der Waals surface area contributed by atoms with E-state index in [2.05, 4.69) is 10.00 Å². The van der Waals surface area contributed by atoms with Crippen LogP contribution in [0.3, 0.4) is 0 Å². The van der Waals surface area contributed by atoms with E-state index >= 15 is 0 Å². The molecule has 9 heteroatoms. The van der Waals surface area contributed by atoms with Gasteiger partial charge in [-0.05, 0) is 62.3 Å². The number of rotatable bonds is 8. The van der Waals surface area contributed by atoms with Crippen LogP contribution >= 0.6 is 0 Å². The third kappa shape index (κ3) is 5.16. The molecular formula is C26H30N4O4S. The Morgan fingerprint density at radius 1 is 1.00 bits per heavy atom. The van der Waals surface area contributed by atoms with Crippen molar-refractivity contribution in [2.24, 2.45) is 7.05 Å². The topological polar surface area (TPSA) is 86.4 Å². The number of hydrogen-bond acceptors (Lipinski definition) is 6. The summed E-state index contributed by atoms with van der Waals surface area (Å²) in [7, 11) is 2.29. The quantitative estimate of drug-likeness (QED) is 0.373. The second-order valence-electron chi connectivity index (χ2n) is 8.88. The van der Waals surface area contributed by atoms with Gasteiger partial charge in [-0.15, -0.1) is 0 Å². The molecule has 0 aliphatic heterocycles. The number of nitrogens with zero attached hydrogens (tertiary/aromatic N) is 4. The fraction of sp³-hybridized carbons (Fsp3) is 0.308. The number of benzene rings is 2. The van der Waals surface area contributed by atoms with E-state index < -0.39 is 9.84 Å². The molecule has 2 aromatic carbocycles. The molecule has 0 atom stereocenters. The van der Waals surface area contributed by atoms with E-state index in [1.165, 1.54) is 10.8 Å². The zero-order valence-electron chi connectivity index (χ0n) is 20.6. The molecule has 0 radical (unpaired) electrons. The Hall–Kier alpha value is -3.43. The molecule has 0 spiro atoms. The van der Waals surface area contributed by atoms with Crippen LogP contribution in [0.25, 0.3) is 33.0 Å². The van der Waals surface area contributed by atoms with Gasteiger partial charge in [0.25, 0.3) is 5.56 Å². The Morgan fingerprint density at radius 2 is 1.77 bits per heavy atom. The monoisotopic (exact) mass is 494 g/mol. The molecule has 2 heterocycles. The van der Waals surface area contributed by atoms with Crippen molar-refractivity contribution in [2.45, 2.75) is 18.4 Å². The largest absolute Gasteiger partial charge is 0.493 e. The van der Waals surface area contributed by atoms with Gasteiger partial charge in [0.15, 0.2) is 9.84 Å². The summed E-state index contributed by atoms with van der Waals surface area (Å²) < 4.78 is 33.8. The minimum Gasteiger partial charge on any atom is -0.493 e. The van der Waals surface area contributed by atoms with Crippen LogP contribution in [0.1, 0.15) is 6.92 Å². The second-order valence-corrected chi connectivity index (χ2v) is 10.9. The zero-order valence-corrected chi connectivity index (χ0v) is 21.5. The summed E-state index contributed by atoms with van der Waals surface area (Å²) in [4.78, 5) is 15.3. The highest BCUT2D eigenvalue weighted by molar-refractivity contribution is 7.90. The molecule has 0 aliphatic carbocycles. The van der Waals surface area contributed by atoms with Crippen LogP contribution in [0.2, 0.25) is 0 Å². The first kappa shape index (κ1) is 24.7.